The number of carbonyl (C=O) groups excluding carboxylic acids is 1. The zero-order valence-corrected chi connectivity index (χ0v) is 23.1. The van der Waals surface area contributed by atoms with Gasteiger partial charge in [0.15, 0.2) is 0 Å². The van der Waals surface area contributed by atoms with E-state index in [-0.39, 0.29) is 18.3 Å². The molecule has 0 unspecified atom stereocenters. The van der Waals surface area contributed by atoms with Crippen LogP contribution in [-0.4, -0.2) is 53.6 Å². The molecular formula is C31H29ClFN5O3. The zero-order valence-electron chi connectivity index (χ0n) is 22.4. The number of carbonyl (C=O) groups is 1. The average molecular weight is 574 g/mol. The van der Waals surface area contributed by atoms with Crippen molar-refractivity contribution in [3.8, 4) is 11.5 Å². The van der Waals surface area contributed by atoms with Crippen LogP contribution in [0.3, 0.4) is 0 Å². The third-order valence-corrected chi connectivity index (χ3v) is 7.44. The summed E-state index contributed by atoms with van der Waals surface area (Å²) in [4.78, 5) is 26.1. The van der Waals surface area contributed by atoms with Crippen molar-refractivity contribution >= 4 is 45.6 Å². The summed E-state index contributed by atoms with van der Waals surface area (Å²) in [6.45, 7) is 3.99. The lowest BCUT2D eigenvalue weighted by atomic mass is 10.1. The number of anilines is 3. The van der Waals surface area contributed by atoms with E-state index < -0.39 is 0 Å². The molecule has 0 spiro atoms. The van der Waals surface area contributed by atoms with Crippen molar-refractivity contribution in [2.24, 2.45) is 0 Å². The molecule has 0 aliphatic carbocycles. The summed E-state index contributed by atoms with van der Waals surface area (Å²) in [5.41, 5.74) is 2.76. The Morgan fingerprint density at radius 1 is 1.10 bits per heavy atom. The van der Waals surface area contributed by atoms with E-state index in [1.165, 1.54) is 31.3 Å². The highest BCUT2D eigenvalue weighted by Gasteiger charge is 2.24. The van der Waals surface area contributed by atoms with Crippen LogP contribution in [0, 0.1) is 5.82 Å². The van der Waals surface area contributed by atoms with Gasteiger partial charge in [-0.3, -0.25) is 9.69 Å². The maximum absolute atomic E-state index is 13.5. The minimum Gasteiger partial charge on any atom is -0.489 e. The lowest BCUT2D eigenvalue weighted by Gasteiger charge is -2.29. The molecular weight excluding hydrogens is 545 g/mol. The van der Waals surface area contributed by atoms with Gasteiger partial charge in [-0.15, -0.1) is 0 Å². The highest BCUT2D eigenvalue weighted by Crippen LogP contribution is 2.38. The smallest absolute Gasteiger partial charge is 0.250 e. The maximum Gasteiger partial charge on any atom is 0.250 e. The Labute approximate surface area is 242 Å². The molecule has 8 nitrogen and oxygen atoms in total. The normalized spacial score (nSPS) is 15.2. The van der Waals surface area contributed by atoms with E-state index in [2.05, 4.69) is 20.2 Å². The molecule has 10 heteroatoms. The Hall–Kier alpha value is -4.21. The molecule has 1 saturated heterocycles. The summed E-state index contributed by atoms with van der Waals surface area (Å²) >= 11 is 6.50. The molecule has 2 aliphatic rings. The van der Waals surface area contributed by atoms with Gasteiger partial charge in [0.05, 0.1) is 22.8 Å². The van der Waals surface area contributed by atoms with Crippen molar-refractivity contribution < 1.29 is 18.7 Å². The fraction of sp³-hybridized carbons (Fsp3) is 0.258. The Morgan fingerprint density at radius 3 is 2.80 bits per heavy atom. The second kappa shape index (κ2) is 12.1. The number of ether oxygens (including phenoxy) is 2. The zero-order chi connectivity index (χ0) is 28.2. The highest BCUT2D eigenvalue weighted by molar-refractivity contribution is 6.32. The number of nitrogens with zero attached hydrogens (tertiary/aromatic N) is 4. The summed E-state index contributed by atoms with van der Waals surface area (Å²) in [5.74, 6) is 1.25. The SMILES string of the molecule is O=C(/C=C/CN1CCCC1)N1CCOc2cc3ncnc(Nc4ccc(OCc5cccc(F)c5)c(Cl)c4)c3cc21. The number of likely N-dealkylation sites (tertiary alicyclic amines) is 1. The van der Waals surface area contributed by atoms with Gasteiger partial charge >= 0.3 is 0 Å². The minimum absolute atomic E-state index is 0.0833. The van der Waals surface area contributed by atoms with E-state index >= 15 is 0 Å². The molecule has 0 saturated carbocycles. The van der Waals surface area contributed by atoms with Crippen LogP contribution in [0.4, 0.5) is 21.6 Å². The van der Waals surface area contributed by atoms with Crippen LogP contribution < -0.4 is 19.7 Å². The maximum atomic E-state index is 13.5. The number of hydrogen-bond donors (Lipinski definition) is 1. The molecule has 41 heavy (non-hydrogen) atoms. The molecule has 210 valence electrons. The number of rotatable bonds is 8. The molecule has 1 amide bonds. The standard InChI is InChI=1S/C31H29ClFN5O3/c32-25-16-23(8-9-28(25)41-19-21-5-3-6-22(33)15-21)36-31-24-17-27-29(18-26(24)34-20-35-31)40-14-13-38(27)30(39)7-4-12-37-10-1-2-11-37/h3-9,15-18,20H,1-2,10-14,19H2,(H,34,35,36)/b7-4+. The molecule has 0 radical (unpaired) electrons. The first kappa shape index (κ1) is 27.0. The Balaban J connectivity index is 1.20. The Kier molecular flexibility index (Phi) is 7.98. The van der Waals surface area contributed by atoms with Crippen molar-refractivity contribution in [3.05, 3.63) is 89.5 Å². The van der Waals surface area contributed by atoms with Crippen molar-refractivity contribution in [3.63, 3.8) is 0 Å². The van der Waals surface area contributed by atoms with E-state index in [1.807, 2.05) is 24.3 Å². The Morgan fingerprint density at radius 2 is 1.98 bits per heavy atom. The quantitative estimate of drug-likeness (QED) is 0.254. The number of hydrogen-bond acceptors (Lipinski definition) is 7. The van der Waals surface area contributed by atoms with E-state index in [1.54, 1.807) is 35.2 Å². The summed E-state index contributed by atoms with van der Waals surface area (Å²) in [5, 5.41) is 4.44. The second-order valence-electron chi connectivity index (χ2n) is 10.00. The number of amides is 1. The molecule has 4 aromatic rings. The van der Waals surface area contributed by atoms with E-state index in [0.29, 0.717) is 57.9 Å². The van der Waals surface area contributed by atoms with Crippen molar-refractivity contribution in [1.29, 1.82) is 0 Å². The third kappa shape index (κ3) is 6.26. The summed E-state index contributed by atoms with van der Waals surface area (Å²) < 4.78 is 25.2. The summed E-state index contributed by atoms with van der Waals surface area (Å²) in [7, 11) is 0. The van der Waals surface area contributed by atoms with Crippen LogP contribution in [0.2, 0.25) is 5.02 Å². The van der Waals surface area contributed by atoms with Gasteiger partial charge in [0, 0.05) is 29.8 Å². The first-order valence-corrected chi connectivity index (χ1v) is 14.0. The molecule has 1 aromatic heterocycles. The van der Waals surface area contributed by atoms with Crippen LogP contribution in [-0.2, 0) is 11.4 Å². The largest absolute Gasteiger partial charge is 0.489 e. The van der Waals surface area contributed by atoms with Crippen molar-refractivity contribution in [2.75, 3.05) is 43.0 Å². The molecule has 1 N–H and O–H groups in total. The van der Waals surface area contributed by atoms with Crippen LogP contribution in [0.15, 0.2) is 73.1 Å². The Bertz CT molecular complexity index is 1610. The fourth-order valence-electron chi connectivity index (χ4n) is 5.07. The molecule has 2 aliphatic heterocycles. The molecule has 0 bridgehead atoms. The van der Waals surface area contributed by atoms with Crippen molar-refractivity contribution in [1.82, 2.24) is 14.9 Å². The predicted octanol–water partition coefficient (Wildman–Crippen LogP) is 6.12. The van der Waals surface area contributed by atoms with E-state index in [9.17, 15) is 9.18 Å². The molecule has 1 fully saturated rings. The van der Waals surface area contributed by atoms with Crippen LogP contribution in [0.1, 0.15) is 18.4 Å². The van der Waals surface area contributed by atoms with Gasteiger partial charge in [0.25, 0.3) is 5.91 Å². The topological polar surface area (TPSA) is 79.8 Å². The number of halogens is 2. The van der Waals surface area contributed by atoms with Crippen molar-refractivity contribution in [2.45, 2.75) is 19.4 Å². The summed E-state index contributed by atoms with van der Waals surface area (Å²) in [6, 6.07) is 15.3. The van der Waals surface area contributed by atoms with Gasteiger partial charge in [-0.25, -0.2) is 14.4 Å². The van der Waals surface area contributed by atoms with Gasteiger partial charge in [0.1, 0.15) is 42.7 Å². The summed E-state index contributed by atoms with van der Waals surface area (Å²) in [6.07, 6.45) is 7.49. The number of aromatic nitrogens is 2. The number of fused-ring (bicyclic) bond motifs is 2. The lowest BCUT2D eigenvalue weighted by Crippen LogP contribution is -2.37. The number of benzene rings is 3. The molecule has 0 atom stereocenters. The van der Waals surface area contributed by atoms with Gasteiger partial charge in [0.2, 0.25) is 0 Å². The highest BCUT2D eigenvalue weighted by atomic mass is 35.5. The fourth-order valence-corrected chi connectivity index (χ4v) is 5.31. The van der Waals surface area contributed by atoms with Gasteiger partial charge in [-0.2, -0.15) is 0 Å². The molecule has 3 aromatic carbocycles. The first-order chi connectivity index (χ1) is 20.0. The van der Waals surface area contributed by atoms with E-state index in [0.717, 1.165) is 25.0 Å². The van der Waals surface area contributed by atoms with Crippen LogP contribution >= 0.6 is 11.6 Å². The first-order valence-electron chi connectivity index (χ1n) is 13.6. The monoisotopic (exact) mass is 573 g/mol. The van der Waals surface area contributed by atoms with Gasteiger partial charge < -0.3 is 19.7 Å². The molecule has 6 rings (SSSR count). The van der Waals surface area contributed by atoms with Crippen LogP contribution in [0.25, 0.3) is 10.9 Å². The average Bonchev–Trinajstić information content (AvgIpc) is 3.49. The van der Waals surface area contributed by atoms with Crippen LogP contribution in [0.5, 0.6) is 11.5 Å². The van der Waals surface area contributed by atoms with E-state index in [4.69, 9.17) is 21.1 Å². The lowest BCUT2D eigenvalue weighted by molar-refractivity contribution is -0.114. The van der Waals surface area contributed by atoms with Gasteiger partial charge in [-0.1, -0.05) is 29.8 Å². The predicted molar refractivity (Wildman–Crippen MR) is 158 cm³/mol. The minimum atomic E-state index is -0.317. The molecule has 3 heterocycles. The second-order valence-corrected chi connectivity index (χ2v) is 10.4. The number of nitrogens with one attached hydrogen (secondary N) is 1. The third-order valence-electron chi connectivity index (χ3n) is 7.15. The van der Waals surface area contributed by atoms with Gasteiger partial charge in [-0.05, 0) is 67.9 Å².